The summed E-state index contributed by atoms with van der Waals surface area (Å²) in [5, 5.41) is 2.20. The zero-order valence-electron chi connectivity index (χ0n) is 65.8. The fourth-order valence-electron chi connectivity index (χ4n) is 14.4. The molecular weight excluding hydrogens is 1490 g/mol. The zero-order chi connectivity index (χ0) is 81.2. The average molecular weight is 1570 g/mol. The highest BCUT2D eigenvalue weighted by molar-refractivity contribution is 6.02. The number of aryl methyl sites for hydroxylation is 7. The molecule has 0 amide bonds. The van der Waals surface area contributed by atoms with Crippen molar-refractivity contribution in [1.82, 2.24) is 89.3 Å². The number of H-pyrrole nitrogens is 2. The molecule has 586 valence electrons. The van der Waals surface area contributed by atoms with E-state index < -0.39 is 0 Å². The average Bonchev–Trinajstić information content (AvgIpc) is 1.62. The van der Waals surface area contributed by atoms with Gasteiger partial charge in [-0.05, 0) is 116 Å². The van der Waals surface area contributed by atoms with Gasteiger partial charge in [0.1, 0.15) is 39.5 Å². The Morgan fingerprint density at radius 2 is 0.733 bits per heavy atom. The van der Waals surface area contributed by atoms with E-state index >= 15 is 0 Å². The Kier molecular flexibility index (Phi) is 23.9. The van der Waals surface area contributed by atoms with E-state index in [1.807, 2.05) is 128 Å². The van der Waals surface area contributed by atoms with E-state index in [0.717, 1.165) is 195 Å². The summed E-state index contributed by atoms with van der Waals surface area (Å²) in [7, 11) is 2.05. The molecule has 0 spiro atoms. The molecule has 0 saturated carbocycles. The van der Waals surface area contributed by atoms with Gasteiger partial charge in [0.2, 0.25) is 0 Å². The van der Waals surface area contributed by atoms with Gasteiger partial charge in [-0.2, -0.15) is 0 Å². The number of hydrogen-bond donors (Lipinski definition) is 2. The molecule has 0 aliphatic carbocycles. The number of aromatic nitrogens is 18. The van der Waals surface area contributed by atoms with Crippen LogP contribution >= 0.6 is 0 Å². The summed E-state index contributed by atoms with van der Waals surface area (Å²) in [6.45, 7) is 0. The first-order valence-corrected chi connectivity index (χ1v) is 40.0. The summed E-state index contributed by atoms with van der Waals surface area (Å²) in [6, 6.07) is 60.1. The molecule has 24 nitrogen and oxygen atoms in total. The summed E-state index contributed by atoms with van der Waals surface area (Å²) in [5.74, 6) is 2.39. The standard InChI is InChI=1S/C20H16N6.2C19H16N4O.2C19H16N4/c1-26-17-6-4-13-3-2-9-22-19(13)20(17)25-18(26)7-5-14-11-23-15-8-10-21-12-16(15)24-14;24-19-15-12-20-11-10-17(15)22-18(23-19)9-7-14-6-8-16(21-14)13-4-2-1-3-5-13;24-19-15-10-11-20-12-17(15)22-18(23-19)9-7-14-6-8-16(21-14)13-4-2-1-3-5-13;1-2-5-14(6-3-1)17-11-10-15(22-17)8-9-16-13-21-18-7-4-12-20-19(18)23-16;1-2-4-14(5-3-1)17-9-8-15(22-17)6-7-16-12-21-18-10-11-20-13-19(18)23-16/h2-4,6,8-12H,5,7H2,1H3;2*1-5,8,10-12H,6-7,9H2,(H,22,23,24);1-7,11-13H,8-10H2;1-5,9-13H,6-8H2. The van der Waals surface area contributed by atoms with Crippen LogP contribution in [0.4, 0.5) is 0 Å². The van der Waals surface area contributed by atoms with E-state index in [4.69, 9.17) is 25.0 Å². The van der Waals surface area contributed by atoms with Crippen molar-refractivity contribution in [3.63, 3.8) is 0 Å². The van der Waals surface area contributed by atoms with Crippen LogP contribution in [0, 0.1) is 0 Å². The number of hydrogen-bond acceptors (Lipinski definition) is 21. The Bertz CT molecular complexity index is 6680. The molecule has 0 saturated heterocycles. The van der Waals surface area contributed by atoms with E-state index in [9.17, 15) is 9.59 Å². The minimum absolute atomic E-state index is 0.117. The predicted molar refractivity (Wildman–Crippen MR) is 475 cm³/mol. The molecule has 5 aromatic carbocycles. The van der Waals surface area contributed by atoms with Crippen molar-refractivity contribution in [3.8, 4) is 0 Å². The molecule has 0 bridgehead atoms. The van der Waals surface area contributed by atoms with Gasteiger partial charge < -0.3 is 14.5 Å². The molecule has 0 radical (unpaired) electrons. The number of aromatic amines is 2. The van der Waals surface area contributed by atoms with Crippen LogP contribution in [0.2, 0.25) is 0 Å². The van der Waals surface area contributed by atoms with Gasteiger partial charge in [-0.15, -0.1) is 0 Å². The number of nitrogens with one attached hydrogen (secondary N) is 2. The fourth-order valence-corrected chi connectivity index (χ4v) is 14.4. The lowest BCUT2D eigenvalue weighted by Gasteiger charge is -2.03. The van der Waals surface area contributed by atoms with Gasteiger partial charge in [0, 0.05) is 142 Å². The van der Waals surface area contributed by atoms with E-state index in [1.54, 1.807) is 67.9 Å². The number of rotatable bonds is 19. The fraction of sp³-hybridized carbons (Fsp3) is 0.156. The lowest BCUT2D eigenvalue weighted by molar-refractivity contribution is 0.775. The van der Waals surface area contributed by atoms with Crippen molar-refractivity contribution in [2.24, 2.45) is 27.0 Å². The summed E-state index contributed by atoms with van der Waals surface area (Å²) in [4.78, 5) is 115. The van der Waals surface area contributed by atoms with Crippen molar-refractivity contribution in [2.45, 2.75) is 89.9 Å². The monoisotopic (exact) mass is 1570 g/mol. The minimum atomic E-state index is -0.139. The number of pyridine rings is 6. The van der Waals surface area contributed by atoms with E-state index in [-0.39, 0.29) is 11.1 Å². The SMILES string of the molecule is C1=C(c2ccccc2)N=C(CCc2cnc3cccnc3n2)C1.C1=C(c2ccccc2)N=C(CCc2cnc3ccncc3n2)C1.Cn1c(CCc2cnc3ccncc3n2)nc2c3ncccc3ccc21.O=c1[nH]c(CCC2=NC(c3ccccc3)=CC2)nc2ccncc12.O=c1[nH]c(CCC2=NC(c3ccccc3)=CC2)nc2cnccc12. The summed E-state index contributed by atoms with van der Waals surface area (Å²) in [6.07, 6.45) is 42.7. The highest BCUT2D eigenvalue weighted by atomic mass is 16.1. The van der Waals surface area contributed by atoms with Crippen molar-refractivity contribution < 1.29 is 0 Å². The van der Waals surface area contributed by atoms with Crippen molar-refractivity contribution in [1.29, 1.82) is 0 Å². The molecule has 120 heavy (non-hydrogen) atoms. The van der Waals surface area contributed by atoms with Crippen LogP contribution in [-0.2, 0) is 45.6 Å². The highest BCUT2D eigenvalue weighted by Gasteiger charge is 2.18. The van der Waals surface area contributed by atoms with E-state index in [0.29, 0.717) is 51.9 Å². The van der Waals surface area contributed by atoms with Crippen LogP contribution in [0.3, 0.4) is 0 Å². The smallest absolute Gasteiger partial charge is 0.260 e. The van der Waals surface area contributed by atoms with Crippen molar-refractivity contribution in [3.05, 3.63) is 364 Å². The van der Waals surface area contributed by atoms with Gasteiger partial charge in [-0.3, -0.25) is 69.4 Å². The Hall–Kier alpha value is -15.3. The van der Waals surface area contributed by atoms with Crippen LogP contribution in [0.5, 0.6) is 0 Å². The van der Waals surface area contributed by atoms with Gasteiger partial charge in [0.15, 0.2) is 5.65 Å². The number of allylic oxidation sites excluding steroid dienone is 4. The first kappa shape index (κ1) is 77.3. The van der Waals surface area contributed by atoms with Gasteiger partial charge in [0.25, 0.3) is 11.1 Å². The molecule has 4 aliphatic heterocycles. The molecule has 4 aliphatic rings. The van der Waals surface area contributed by atoms with Crippen LogP contribution in [0.25, 0.3) is 99.8 Å². The van der Waals surface area contributed by atoms with Crippen molar-refractivity contribution in [2.75, 3.05) is 0 Å². The lowest BCUT2D eigenvalue weighted by Crippen LogP contribution is -2.13. The number of aliphatic imine (C=N–C) groups is 4. The first-order chi connectivity index (χ1) is 59.1. The molecule has 16 heterocycles. The second-order valence-electron chi connectivity index (χ2n) is 28.9. The quantitative estimate of drug-likeness (QED) is 0.0760. The number of nitrogens with zero attached hydrogens (tertiary/aromatic N) is 20. The molecule has 2 N–H and O–H groups in total. The molecule has 0 atom stereocenters. The number of imidazole rings is 1. The van der Waals surface area contributed by atoms with Gasteiger partial charge >= 0.3 is 0 Å². The number of fused-ring (bicyclic) bond motifs is 8. The second kappa shape index (κ2) is 37.1. The Balaban J connectivity index is 0.000000107. The molecule has 0 unspecified atom stereocenters. The maximum Gasteiger partial charge on any atom is 0.260 e. The third-order valence-corrected chi connectivity index (χ3v) is 20.7. The maximum absolute atomic E-state index is 12.1. The van der Waals surface area contributed by atoms with E-state index in [1.165, 1.54) is 22.6 Å². The Labute approximate surface area is 689 Å². The molecule has 0 fully saturated rings. The van der Waals surface area contributed by atoms with Crippen LogP contribution in [-0.4, -0.2) is 112 Å². The Morgan fingerprint density at radius 1 is 0.308 bits per heavy atom. The van der Waals surface area contributed by atoms with Crippen LogP contribution in [0.1, 0.15) is 108 Å². The number of benzene rings is 5. The second-order valence-corrected chi connectivity index (χ2v) is 28.9. The third-order valence-electron chi connectivity index (χ3n) is 20.7. The topological polar surface area (TPSA) is 313 Å². The molecule has 12 aromatic heterocycles. The summed E-state index contributed by atoms with van der Waals surface area (Å²) < 4.78 is 2.14. The van der Waals surface area contributed by atoms with Gasteiger partial charge in [-0.25, -0.2) is 34.9 Å². The van der Waals surface area contributed by atoms with Gasteiger partial charge in [0.05, 0.1) is 102 Å². The van der Waals surface area contributed by atoms with Crippen LogP contribution < -0.4 is 11.1 Å². The van der Waals surface area contributed by atoms with Crippen molar-refractivity contribution >= 4 is 123 Å². The van der Waals surface area contributed by atoms with E-state index in [2.05, 4.69) is 182 Å². The predicted octanol–water partition coefficient (Wildman–Crippen LogP) is 17.2. The zero-order valence-corrected chi connectivity index (χ0v) is 65.8. The summed E-state index contributed by atoms with van der Waals surface area (Å²) >= 11 is 0. The molecule has 17 aromatic rings. The molecular formula is C96H80N22O2. The minimum Gasteiger partial charge on any atom is -0.331 e. The Morgan fingerprint density at radius 3 is 1.26 bits per heavy atom. The normalized spacial score (nSPS) is 13.4. The van der Waals surface area contributed by atoms with Gasteiger partial charge in [-0.1, -0.05) is 158 Å². The lowest BCUT2D eigenvalue weighted by atomic mass is 10.1. The highest BCUT2D eigenvalue weighted by Crippen LogP contribution is 2.30. The molecule has 24 heteroatoms. The summed E-state index contributed by atoms with van der Waals surface area (Å²) in [5.41, 5.74) is 25.4. The maximum atomic E-state index is 12.1. The largest absolute Gasteiger partial charge is 0.331 e. The first-order valence-electron chi connectivity index (χ1n) is 40.0. The third kappa shape index (κ3) is 19.1. The molecule has 21 rings (SSSR count). The van der Waals surface area contributed by atoms with Crippen LogP contribution in [0.15, 0.2) is 316 Å².